The van der Waals surface area contributed by atoms with Crippen LogP contribution in [0.25, 0.3) is 17.1 Å². The van der Waals surface area contributed by atoms with E-state index >= 15 is 0 Å². The zero-order chi connectivity index (χ0) is 17.1. The number of benzene rings is 2. The van der Waals surface area contributed by atoms with Crippen molar-refractivity contribution in [3.63, 3.8) is 0 Å². The number of hydrogen-bond donors (Lipinski definition) is 0. The van der Waals surface area contributed by atoms with Crippen molar-refractivity contribution in [3.05, 3.63) is 71.5 Å². The Morgan fingerprint density at radius 1 is 0.960 bits per heavy atom. The van der Waals surface area contributed by atoms with Gasteiger partial charge in [0.15, 0.2) is 0 Å². The van der Waals surface area contributed by atoms with Crippen molar-refractivity contribution in [2.75, 3.05) is 0 Å². The average Bonchev–Trinajstić information content (AvgIpc) is 3.31. The monoisotopic (exact) mass is 369 g/mol. The molecule has 0 fully saturated rings. The van der Waals surface area contributed by atoms with Gasteiger partial charge in [-0.05, 0) is 36.4 Å². The predicted molar refractivity (Wildman–Crippen MR) is 95.7 cm³/mol. The van der Waals surface area contributed by atoms with E-state index in [-0.39, 0.29) is 0 Å². The molecule has 0 aliphatic rings. The molecule has 25 heavy (non-hydrogen) atoms. The molecule has 2 aromatic carbocycles. The van der Waals surface area contributed by atoms with E-state index in [0.29, 0.717) is 21.9 Å². The molecule has 0 aliphatic heterocycles. The minimum atomic E-state index is 0.500. The van der Waals surface area contributed by atoms with Gasteiger partial charge < -0.3 is 4.42 Å². The molecule has 0 bridgehead atoms. The molecule has 0 radical (unpaired) electrons. The first-order valence-electron chi connectivity index (χ1n) is 7.47. The standard InChI is InChI=1S/C17H12ClN5OS/c18-13-6-8-15(9-7-13)23-10-14(19-22-23)11-25-17-21-20-16(24-17)12-4-2-1-3-5-12/h1-10H,11H2. The van der Waals surface area contributed by atoms with Gasteiger partial charge >= 0.3 is 0 Å². The van der Waals surface area contributed by atoms with Gasteiger partial charge in [-0.1, -0.05) is 46.8 Å². The summed E-state index contributed by atoms with van der Waals surface area (Å²) < 4.78 is 7.37. The number of thioether (sulfide) groups is 1. The van der Waals surface area contributed by atoms with Crippen molar-refractivity contribution in [3.8, 4) is 17.1 Å². The minimum absolute atomic E-state index is 0.500. The van der Waals surface area contributed by atoms with Gasteiger partial charge in [-0.25, -0.2) is 4.68 Å². The largest absolute Gasteiger partial charge is 0.411 e. The Morgan fingerprint density at radius 2 is 1.76 bits per heavy atom. The average molecular weight is 370 g/mol. The van der Waals surface area contributed by atoms with Crippen LogP contribution in [0.3, 0.4) is 0 Å². The lowest BCUT2D eigenvalue weighted by Crippen LogP contribution is -1.93. The van der Waals surface area contributed by atoms with Crippen LogP contribution in [0, 0.1) is 0 Å². The highest BCUT2D eigenvalue weighted by molar-refractivity contribution is 7.98. The van der Waals surface area contributed by atoms with Gasteiger partial charge in [-0.2, -0.15) is 0 Å². The van der Waals surface area contributed by atoms with E-state index in [0.717, 1.165) is 16.9 Å². The van der Waals surface area contributed by atoms with E-state index in [1.54, 1.807) is 4.68 Å². The summed E-state index contributed by atoms with van der Waals surface area (Å²) in [5.41, 5.74) is 2.62. The molecule has 8 heteroatoms. The maximum atomic E-state index is 5.90. The molecule has 6 nitrogen and oxygen atoms in total. The van der Waals surface area contributed by atoms with Crippen molar-refractivity contribution in [2.24, 2.45) is 0 Å². The van der Waals surface area contributed by atoms with Crippen LogP contribution in [0.2, 0.25) is 5.02 Å². The number of nitrogens with zero attached hydrogens (tertiary/aromatic N) is 5. The van der Waals surface area contributed by atoms with Crippen LogP contribution >= 0.6 is 23.4 Å². The Labute approximate surface area is 152 Å². The van der Waals surface area contributed by atoms with E-state index in [4.69, 9.17) is 16.0 Å². The SMILES string of the molecule is Clc1ccc(-n2cc(CSc3nnc(-c4ccccc4)o3)nn2)cc1. The molecule has 2 aromatic heterocycles. The van der Waals surface area contributed by atoms with Crippen molar-refractivity contribution >= 4 is 23.4 Å². The zero-order valence-electron chi connectivity index (χ0n) is 12.9. The van der Waals surface area contributed by atoms with Crippen LogP contribution in [0.15, 0.2) is 70.4 Å². The number of hydrogen-bond acceptors (Lipinski definition) is 6. The highest BCUT2D eigenvalue weighted by Gasteiger charge is 2.10. The van der Waals surface area contributed by atoms with E-state index < -0.39 is 0 Å². The predicted octanol–water partition coefficient (Wildman–Crippen LogP) is 4.26. The van der Waals surface area contributed by atoms with Crippen LogP contribution in [0.1, 0.15) is 5.69 Å². The van der Waals surface area contributed by atoms with Gasteiger partial charge in [-0.15, -0.1) is 15.3 Å². The molecule has 0 atom stereocenters. The fourth-order valence-corrected chi connectivity index (χ4v) is 2.95. The second-order valence-electron chi connectivity index (χ2n) is 5.16. The summed E-state index contributed by atoms with van der Waals surface area (Å²) in [5, 5.41) is 17.6. The third kappa shape index (κ3) is 3.72. The van der Waals surface area contributed by atoms with Crippen LogP contribution in [0.5, 0.6) is 0 Å². The molecule has 0 unspecified atom stereocenters. The highest BCUT2D eigenvalue weighted by atomic mass is 35.5. The lowest BCUT2D eigenvalue weighted by Gasteiger charge is -1.98. The van der Waals surface area contributed by atoms with Gasteiger partial charge in [0.2, 0.25) is 5.89 Å². The van der Waals surface area contributed by atoms with Gasteiger partial charge in [0.1, 0.15) is 0 Å². The first-order chi connectivity index (χ1) is 12.3. The van der Waals surface area contributed by atoms with E-state index in [2.05, 4.69) is 20.5 Å². The zero-order valence-corrected chi connectivity index (χ0v) is 14.5. The molecular weight excluding hydrogens is 358 g/mol. The Morgan fingerprint density at radius 3 is 2.56 bits per heavy atom. The quantitative estimate of drug-likeness (QED) is 0.489. The molecule has 0 aliphatic carbocycles. The summed E-state index contributed by atoms with van der Waals surface area (Å²) in [6, 6.07) is 17.1. The third-order valence-electron chi connectivity index (χ3n) is 3.40. The number of halogens is 1. The number of aromatic nitrogens is 5. The minimum Gasteiger partial charge on any atom is -0.411 e. The summed E-state index contributed by atoms with van der Waals surface area (Å²) >= 11 is 7.32. The lowest BCUT2D eigenvalue weighted by atomic mass is 10.2. The molecule has 2 heterocycles. The van der Waals surface area contributed by atoms with Crippen molar-refractivity contribution in [1.82, 2.24) is 25.2 Å². The van der Waals surface area contributed by atoms with Gasteiger partial charge in [-0.3, -0.25) is 0 Å². The Balaban J connectivity index is 1.42. The molecule has 124 valence electrons. The molecule has 4 aromatic rings. The van der Waals surface area contributed by atoms with Gasteiger partial charge in [0.25, 0.3) is 5.22 Å². The van der Waals surface area contributed by atoms with Crippen molar-refractivity contribution < 1.29 is 4.42 Å². The molecule has 0 amide bonds. The molecule has 0 spiro atoms. The summed E-state index contributed by atoms with van der Waals surface area (Å²) in [6.07, 6.45) is 1.87. The Kier molecular flexibility index (Phi) is 4.49. The molecular formula is C17H12ClN5OS. The maximum Gasteiger partial charge on any atom is 0.277 e. The van der Waals surface area contributed by atoms with Crippen LogP contribution in [-0.2, 0) is 5.75 Å². The topological polar surface area (TPSA) is 69.6 Å². The fraction of sp³-hybridized carbons (Fsp3) is 0.0588. The summed E-state index contributed by atoms with van der Waals surface area (Å²) in [7, 11) is 0. The highest BCUT2D eigenvalue weighted by Crippen LogP contribution is 2.25. The van der Waals surface area contributed by atoms with Crippen LogP contribution in [-0.4, -0.2) is 25.2 Å². The molecule has 4 rings (SSSR count). The van der Waals surface area contributed by atoms with Crippen molar-refractivity contribution in [2.45, 2.75) is 11.0 Å². The first kappa shape index (κ1) is 15.9. The maximum absolute atomic E-state index is 5.90. The first-order valence-corrected chi connectivity index (χ1v) is 8.83. The van der Waals surface area contributed by atoms with Gasteiger partial charge in [0, 0.05) is 16.3 Å². The lowest BCUT2D eigenvalue weighted by molar-refractivity contribution is 0.466. The second kappa shape index (κ2) is 7.08. The summed E-state index contributed by atoms with van der Waals surface area (Å²) in [6.45, 7) is 0. The van der Waals surface area contributed by atoms with Crippen molar-refractivity contribution in [1.29, 1.82) is 0 Å². The van der Waals surface area contributed by atoms with E-state index in [1.807, 2.05) is 60.8 Å². The van der Waals surface area contributed by atoms with E-state index in [9.17, 15) is 0 Å². The molecule has 0 saturated heterocycles. The smallest absolute Gasteiger partial charge is 0.277 e. The van der Waals surface area contributed by atoms with E-state index in [1.165, 1.54) is 11.8 Å². The molecule has 0 saturated carbocycles. The van der Waals surface area contributed by atoms with Gasteiger partial charge in [0.05, 0.1) is 17.6 Å². The summed E-state index contributed by atoms with van der Waals surface area (Å²) in [4.78, 5) is 0. The second-order valence-corrected chi connectivity index (χ2v) is 6.52. The Bertz CT molecular complexity index is 968. The number of rotatable bonds is 5. The van der Waals surface area contributed by atoms with Crippen LogP contribution < -0.4 is 0 Å². The Hall–Kier alpha value is -2.64. The fourth-order valence-electron chi connectivity index (χ4n) is 2.19. The third-order valence-corrected chi connectivity index (χ3v) is 4.51. The normalized spacial score (nSPS) is 10.9. The summed E-state index contributed by atoms with van der Waals surface area (Å²) in [5.74, 6) is 1.09. The van der Waals surface area contributed by atoms with Crippen LogP contribution in [0.4, 0.5) is 0 Å². The molecule has 0 N–H and O–H groups in total.